The van der Waals surface area contributed by atoms with E-state index in [2.05, 4.69) is 80.3 Å². The maximum Gasteiger partial charge on any atom is 0.246 e. The third-order valence-electron chi connectivity index (χ3n) is 7.23. The number of carbonyl (C=O) groups excluding carboxylic acids is 1. The van der Waals surface area contributed by atoms with Gasteiger partial charge >= 0.3 is 0 Å². The van der Waals surface area contributed by atoms with Gasteiger partial charge < -0.3 is 4.90 Å². The smallest absolute Gasteiger partial charge is 0.246 e. The average molecular weight is 428 g/mol. The summed E-state index contributed by atoms with van der Waals surface area (Å²) in [4.78, 5) is 20.4. The Morgan fingerprint density at radius 1 is 1.06 bits per heavy atom. The quantitative estimate of drug-likeness (QED) is 0.477. The van der Waals surface area contributed by atoms with Gasteiger partial charge in [0.05, 0.1) is 11.4 Å². The lowest BCUT2D eigenvalue weighted by atomic mass is 9.65. The molecule has 1 amide bonds. The van der Waals surface area contributed by atoms with Gasteiger partial charge in [0.2, 0.25) is 5.91 Å². The van der Waals surface area contributed by atoms with Crippen molar-refractivity contribution in [1.82, 2.24) is 14.3 Å². The number of fused-ring (bicyclic) bond motifs is 3. The number of hydrogen-bond acceptors (Lipinski definition) is 2. The Kier molecular flexibility index (Phi) is 4.81. The third-order valence-corrected chi connectivity index (χ3v) is 7.23. The second kappa shape index (κ2) is 7.33. The number of aromatic nitrogens is 2. The second-order valence-corrected chi connectivity index (χ2v) is 11.2. The molecule has 1 saturated carbocycles. The number of rotatable bonds is 3. The zero-order valence-electron chi connectivity index (χ0n) is 19.9. The van der Waals surface area contributed by atoms with E-state index in [4.69, 9.17) is 4.98 Å². The monoisotopic (exact) mass is 427 g/mol. The summed E-state index contributed by atoms with van der Waals surface area (Å²) in [6.07, 6.45) is 9.17. The fourth-order valence-electron chi connectivity index (χ4n) is 6.21. The van der Waals surface area contributed by atoms with Crippen LogP contribution in [0.15, 0.2) is 48.7 Å². The van der Waals surface area contributed by atoms with Crippen LogP contribution in [0.5, 0.6) is 0 Å². The Morgan fingerprint density at radius 2 is 1.81 bits per heavy atom. The fraction of sp³-hybridized carbons (Fsp3) is 0.429. The van der Waals surface area contributed by atoms with Crippen LogP contribution in [0, 0.1) is 24.7 Å². The molecule has 2 atom stereocenters. The number of imidazole rings is 1. The van der Waals surface area contributed by atoms with Crippen molar-refractivity contribution < 1.29 is 4.79 Å². The summed E-state index contributed by atoms with van der Waals surface area (Å²) in [6.45, 7) is 12.1. The first kappa shape index (κ1) is 21.0. The molecule has 4 nitrogen and oxygen atoms in total. The van der Waals surface area contributed by atoms with Crippen molar-refractivity contribution in [3.05, 3.63) is 65.5 Å². The van der Waals surface area contributed by atoms with Crippen molar-refractivity contribution in [2.24, 2.45) is 10.8 Å². The molecule has 1 aromatic carbocycles. The van der Waals surface area contributed by atoms with E-state index in [0.717, 1.165) is 42.0 Å². The Balaban J connectivity index is 1.50. The zero-order valence-corrected chi connectivity index (χ0v) is 19.9. The molecule has 3 aromatic rings. The van der Waals surface area contributed by atoms with Crippen LogP contribution in [0.1, 0.15) is 56.9 Å². The second-order valence-electron chi connectivity index (χ2n) is 11.2. The molecule has 2 aromatic heterocycles. The van der Waals surface area contributed by atoms with Gasteiger partial charge in [-0.15, -0.1) is 0 Å². The minimum absolute atomic E-state index is 0.119. The molecule has 5 rings (SSSR count). The van der Waals surface area contributed by atoms with E-state index >= 15 is 0 Å². The molecule has 1 aliphatic heterocycles. The zero-order chi connectivity index (χ0) is 22.7. The molecule has 166 valence electrons. The maximum absolute atomic E-state index is 13.3. The standard InChI is InChI=1S/C28H33N3O/c1-19-6-8-21(9-7-19)26-23(30-13-12-20(2)14-24(30)29-26)10-11-25(32)31-18-28(5)16-22(31)15-27(3,4)17-28/h6-14,22H,15-18H2,1-5H3/b11-10+. The van der Waals surface area contributed by atoms with Crippen LogP contribution in [-0.4, -0.2) is 32.8 Å². The lowest BCUT2D eigenvalue weighted by molar-refractivity contribution is -0.127. The van der Waals surface area contributed by atoms with Crippen LogP contribution in [0.3, 0.4) is 0 Å². The van der Waals surface area contributed by atoms with Gasteiger partial charge in [0.25, 0.3) is 0 Å². The molecular formula is C28H33N3O. The summed E-state index contributed by atoms with van der Waals surface area (Å²) in [5, 5.41) is 0. The highest BCUT2D eigenvalue weighted by Crippen LogP contribution is 2.52. The average Bonchev–Trinajstić information content (AvgIpc) is 3.19. The number of pyridine rings is 1. The van der Waals surface area contributed by atoms with Crippen molar-refractivity contribution in [3.63, 3.8) is 0 Å². The number of hydrogen-bond donors (Lipinski definition) is 0. The topological polar surface area (TPSA) is 37.6 Å². The number of amides is 1. The van der Waals surface area contributed by atoms with Crippen LogP contribution in [-0.2, 0) is 4.79 Å². The van der Waals surface area contributed by atoms with Gasteiger partial charge in [-0.3, -0.25) is 9.20 Å². The number of nitrogens with zero attached hydrogens (tertiary/aromatic N) is 3. The molecule has 2 unspecified atom stereocenters. The Hall–Kier alpha value is -2.88. The largest absolute Gasteiger partial charge is 0.336 e. The van der Waals surface area contributed by atoms with Crippen LogP contribution in [0.2, 0.25) is 0 Å². The molecule has 0 N–H and O–H groups in total. The van der Waals surface area contributed by atoms with Gasteiger partial charge in [-0.1, -0.05) is 50.6 Å². The SMILES string of the molecule is Cc1ccc(-c2nc3cc(C)ccn3c2/C=C/C(=O)N2CC3(C)CC2CC(C)(C)C3)cc1. The predicted molar refractivity (Wildman–Crippen MR) is 130 cm³/mol. The van der Waals surface area contributed by atoms with Gasteiger partial charge in [-0.05, 0) is 67.7 Å². The molecule has 0 spiro atoms. The summed E-state index contributed by atoms with van der Waals surface area (Å²) in [5.41, 5.74) is 6.76. The molecule has 32 heavy (non-hydrogen) atoms. The summed E-state index contributed by atoms with van der Waals surface area (Å²) < 4.78 is 2.08. The predicted octanol–water partition coefficient (Wildman–Crippen LogP) is 6.06. The first-order valence-electron chi connectivity index (χ1n) is 11.7. The number of carbonyl (C=O) groups is 1. The van der Waals surface area contributed by atoms with Crippen LogP contribution >= 0.6 is 0 Å². The van der Waals surface area contributed by atoms with E-state index in [0.29, 0.717) is 11.5 Å². The van der Waals surface area contributed by atoms with E-state index in [1.807, 2.05) is 12.3 Å². The van der Waals surface area contributed by atoms with Crippen molar-refractivity contribution in [2.45, 2.75) is 59.9 Å². The first-order chi connectivity index (χ1) is 15.1. The highest BCUT2D eigenvalue weighted by molar-refractivity contribution is 5.93. The van der Waals surface area contributed by atoms with Gasteiger partial charge in [-0.25, -0.2) is 4.98 Å². The van der Waals surface area contributed by atoms with E-state index in [9.17, 15) is 4.79 Å². The maximum atomic E-state index is 13.3. The van der Waals surface area contributed by atoms with E-state index < -0.39 is 0 Å². The van der Waals surface area contributed by atoms with Crippen LogP contribution in [0.25, 0.3) is 23.0 Å². The lowest BCUT2D eigenvalue weighted by Gasteiger charge is -2.39. The van der Waals surface area contributed by atoms with Crippen molar-refractivity contribution in [1.29, 1.82) is 0 Å². The Labute approximate surface area is 191 Å². The first-order valence-corrected chi connectivity index (χ1v) is 11.7. The lowest BCUT2D eigenvalue weighted by Crippen LogP contribution is -2.36. The summed E-state index contributed by atoms with van der Waals surface area (Å²) in [6, 6.07) is 12.9. The minimum atomic E-state index is 0.119. The number of aryl methyl sites for hydroxylation is 2. The normalized spacial score (nSPS) is 24.5. The number of benzene rings is 1. The molecule has 1 aliphatic carbocycles. The fourth-order valence-corrected chi connectivity index (χ4v) is 6.21. The van der Waals surface area contributed by atoms with Crippen LogP contribution in [0.4, 0.5) is 0 Å². The van der Waals surface area contributed by atoms with Gasteiger partial charge in [-0.2, -0.15) is 0 Å². The number of likely N-dealkylation sites (tertiary alicyclic amines) is 1. The summed E-state index contributed by atoms with van der Waals surface area (Å²) in [5.74, 6) is 0.119. The van der Waals surface area contributed by atoms with Gasteiger partial charge in [0.1, 0.15) is 5.65 Å². The van der Waals surface area contributed by atoms with Gasteiger partial charge in [0, 0.05) is 30.4 Å². The van der Waals surface area contributed by atoms with Crippen molar-refractivity contribution >= 4 is 17.6 Å². The molecular weight excluding hydrogens is 394 g/mol. The van der Waals surface area contributed by atoms with E-state index in [-0.39, 0.29) is 11.3 Å². The molecule has 0 radical (unpaired) electrons. The molecule has 2 aliphatic rings. The molecule has 3 heterocycles. The van der Waals surface area contributed by atoms with Crippen molar-refractivity contribution in [2.75, 3.05) is 6.54 Å². The van der Waals surface area contributed by atoms with Crippen LogP contribution < -0.4 is 0 Å². The molecule has 4 heteroatoms. The van der Waals surface area contributed by atoms with E-state index in [1.165, 1.54) is 17.5 Å². The highest BCUT2D eigenvalue weighted by Gasteiger charge is 2.50. The van der Waals surface area contributed by atoms with Crippen molar-refractivity contribution in [3.8, 4) is 11.3 Å². The highest BCUT2D eigenvalue weighted by atomic mass is 16.2. The Morgan fingerprint density at radius 3 is 2.56 bits per heavy atom. The summed E-state index contributed by atoms with van der Waals surface area (Å²) in [7, 11) is 0. The Bertz CT molecular complexity index is 1220. The summed E-state index contributed by atoms with van der Waals surface area (Å²) >= 11 is 0. The molecule has 2 bridgehead atoms. The third kappa shape index (κ3) is 3.76. The van der Waals surface area contributed by atoms with Gasteiger partial charge in [0.15, 0.2) is 0 Å². The molecule has 2 fully saturated rings. The minimum Gasteiger partial charge on any atom is -0.336 e. The van der Waals surface area contributed by atoms with E-state index in [1.54, 1.807) is 6.08 Å². The molecule has 1 saturated heterocycles.